The minimum atomic E-state index is -0.625. The van der Waals surface area contributed by atoms with E-state index in [9.17, 15) is 9.59 Å². The highest BCUT2D eigenvalue weighted by Gasteiger charge is 2.16. The first-order chi connectivity index (χ1) is 10.6. The zero-order chi connectivity index (χ0) is 16.1. The highest BCUT2D eigenvalue weighted by atomic mass is 16.5. The molecule has 0 aliphatic heterocycles. The summed E-state index contributed by atoms with van der Waals surface area (Å²) in [6.45, 7) is 0. The van der Waals surface area contributed by atoms with Gasteiger partial charge in [-0.15, -0.1) is 0 Å². The molecule has 0 fully saturated rings. The number of nitrogens with zero attached hydrogens (tertiary/aromatic N) is 1. The fourth-order valence-electron chi connectivity index (χ4n) is 1.90. The smallest absolute Gasteiger partial charge is 0.356 e. The molecule has 0 atom stereocenters. The van der Waals surface area contributed by atoms with E-state index >= 15 is 0 Å². The van der Waals surface area contributed by atoms with E-state index in [2.05, 4.69) is 14.5 Å². The van der Waals surface area contributed by atoms with Gasteiger partial charge < -0.3 is 14.2 Å². The number of aromatic nitrogens is 1. The first-order valence-electron chi connectivity index (χ1n) is 6.42. The van der Waals surface area contributed by atoms with Crippen molar-refractivity contribution in [3.8, 4) is 16.9 Å². The van der Waals surface area contributed by atoms with Gasteiger partial charge in [0.1, 0.15) is 17.1 Å². The number of ether oxygens (including phenoxy) is 3. The molecule has 6 heteroatoms. The lowest BCUT2D eigenvalue weighted by Gasteiger charge is -2.08. The minimum Gasteiger partial charge on any atom is -0.497 e. The Balaban J connectivity index is 2.53. The lowest BCUT2D eigenvalue weighted by molar-refractivity contribution is 0.0586. The van der Waals surface area contributed by atoms with Gasteiger partial charge in [0.05, 0.1) is 21.3 Å². The highest BCUT2D eigenvalue weighted by molar-refractivity contribution is 5.93. The van der Waals surface area contributed by atoms with Crippen molar-refractivity contribution in [2.75, 3.05) is 21.3 Å². The van der Waals surface area contributed by atoms with Crippen LogP contribution in [0.2, 0.25) is 0 Å². The van der Waals surface area contributed by atoms with Crippen LogP contribution in [0.5, 0.6) is 5.75 Å². The van der Waals surface area contributed by atoms with E-state index in [-0.39, 0.29) is 11.4 Å². The van der Waals surface area contributed by atoms with Crippen LogP contribution in [-0.2, 0) is 9.47 Å². The van der Waals surface area contributed by atoms with Gasteiger partial charge in [0.15, 0.2) is 0 Å². The largest absolute Gasteiger partial charge is 0.497 e. The van der Waals surface area contributed by atoms with Crippen molar-refractivity contribution < 1.29 is 23.8 Å². The summed E-state index contributed by atoms with van der Waals surface area (Å²) in [4.78, 5) is 27.4. The molecule has 1 aromatic heterocycles. The van der Waals surface area contributed by atoms with Crippen molar-refractivity contribution in [1.29, 1.82) is 0 Å². The number of methoxy groups -OCH3 is 3. The van der Waals surface area contributed by atoms with Crippen molar-refractivity contribution >= 4 is 11.9 Å². The van der Waals surface area contributed by atoms with Gasteiger partial charge in [-0.1, -0.05) is 12.1 Å². The molecule has 0 aliphatic rings. The molecule has 0 spiro atoms. The Morgan fingerprint density at radius 1 is 0.818 bits per heavy atom. The Bertz CT molecular complexity index is 660. The molecule has 1 heterocycles. The average Bonchev–Trinajstić information content (AvgIpc) is 2.59. The molecule has 114 valence electrons. The normalized spacial score (nSPS) is 9.95. The third-order valence-corrected chi connectivity index (χ3v) is 3.04. The van der Waals surface area contributed by atoms with Crippen LogP contribution in [0.15, 0.2) is 36.4 Å². The van der Waals surface area contributed by atoms with E-state index in [0.29, 0.717) is 11.3 Å². The SMILES string of the molecule is COC(=O)c1cc(-c2ccc(OC)cc2)cc(C(=O)OC)n1. The van der Waals surface area contributed by atoms with Gasteiger partial charge in [-0.3, -0.25) is 0 Å². The topological polar surface area (TPSA) is 74.7 Å². The van der Waals surface area contributed by atoms with Crippen LogP contribution >= 0.6 is 0 Å². The predicted octanol–water partition coefficient (Wildman–Crippen LogP) is 2.33. The summed E-state index contributed by atoms with van der Waals surface area (Å²) in [7, 11) is 4.08. The average molecular weight is 301 g/mol. The summed E-state index contributed by atoms with van der Waals surface area (Å²) in [6, 6.07) is 10.3. The van der Waals surface area contributed by atoms with E-state index in [1.54, 1.807) is 31.4 Å². The first-order valence-corrected chi connectivity index (χ1v) is 6.42. The summed E-state index contributed by atoms with van der Waals surface area (Å²) >= 11 is 0. The molecule has 0 saturated carbocycles. The van der Waals surface area contributed by atoms with Gasteiger partial charge in [0.2, 0.25) is 0 Å². The van der Waals surface area contributed by atoms with E-state index in [1.165, 1.54) is 14.2 Å². The maximum absolute atomic E-state index is 11.7. The maximum Gasteiger partial charge on any atom is 0.356 e. The third-order valence-electron chi connectivity index (χ3n) is 3.04. The van der Waals surface area contributed by atoms with Crippen LogP contribution in [0.25, 0.3) is 11.1 Å². The van der Waals surface area contributed by atoms with Gasteiger partial charge in [-0.25, -0.2) is 14.6 Å². The fraction of sp³-hybridized carbons (Fsp3) is 0.188. The van der Waals surface area contributed by atoms with Crippen LogP contribution in [-0.4, -0.2) is 38.3 Å². The van der Waals surface area contributed by atoms with Crippen molar-refractivity contribution in [2.45, 2.75) is 0 Å². The zero-order valence-electron chi connectivity index (χ0n) is 12.5. The summed E-state index contributed by atoms with van der Waals surface area (Å²) in [6.07, 6.45) is 0. The van der Waals surface area contributed by atoms with Gasteiger partial charge in [-0.05, 0) is 35.4 Å². The van der Waals surface area contributed by atoms with Crippen LogP contribution < -0.4 is 4.74 Å². The lowest BCUT2D eigenvalue weighted by atomic mass is 10.0. The number of rotatable bonds is 4. The van der Waals surface area contributed by atoms with E-state index in [0.717, 1.165) is 5.56 Å². The molecular formula is C16H15NO5. The summed E-state index contributed by atoms with van der Waals surface area (Å²) < 4.78 is 14.4. The summed E-state index contributed by atoms with van der Waals surface area (Å²) in [5.74, 6) is -0.541. The Morgan fingerprint density at radius 2 is 1.32 bits per heavy atom. The number of pyridine rings is 1. The summed E-state index contributed by atoms with van der Waals surface area (Å²) in [5, 5.41) is 0. The van der Waals surface area contributed by atoms with E-state index < -0.39 is 11.9 Å². The molecular weight excluding hydrogens is 286 g/mol. The molecule has 0 saturated heterocycles. The molecule has 22 heavy (non-hydrogen) atoms. The van der Waals surface area contributed by atoms with Crippen LogP contribution in [0.3, 0.4) is 0 Å². The van der Waals surface area contributed by atoms with Crippen molar-refractivity contribution in [2.24, 2.45) is 0 Å². The molecule has 0 N–H and O–H groups in total. The minimum absolute atomic E-state index is 0.0382. The van der Waals surface area contributed by atoms with Crippen LogP contribution in [0.4, 0.5) is 0 Å². The monoisotopic (exact) mass is 301 g/mol. The molecule has 0 amide bonds. The Labute approximate surface area is 127 Å². The van der Waals surface area contributed by atoms with Crippen LogP contribution in [0, 0.1) is 0 Å². The molecule has 1 aromatic carbocycles. The highest BCUT2D eigenvalue weighted by Crippen LogP contribution is 2.24. The Hall–Kier alpha value is -2.89. The second-order valence-electron chi connectivity index (χ2n) is 4.34. The number of esters is 2. The third kappa shape index (κ3) is 3.22. The van der Waals surface area contributed by atoms with Gasteiger partial charge in [-0.2, -0.15) is 0 Å². The van der Waals surface area contributed by atoms with Gasteiger partial charge in [0, 0.05) is 0 Å². The summed E-state index contributed by atoms with van der Waals surface area (Å²) in [5.41, 5.74) is 1.53. The second-order valence-corrected chi connectivity index (χ2v) is 4.34. The predicted molar refractivity (Wildman–Crippen MR) is 78.9 cm³/mol. The molecule has 0 aliphatic carbocycles. The van der Waals surface area contributed by atoms with Crippen molar-refractivity contribution in [1.82, 2.24) is 4.98 Å². The quantitative estimate of drug-likeness (QED) is 0.807. The number of hydrogen-bond donors (Lipinski definition) is 0. The standard InChI is InChI=1S/C16H15NO5/c1-20-12-6-4-10(5-7-12)11-8-13(15(18)21-2)17-14(9-11)16(19)22-3/h4-9H,1-3H3. The molecule has 2 aromatic rings. The lowest BCUT2D eigenvalue weighted by Crippen LogP contribution is -2.11. The molecule has 6 nitrogen and oxygen atoms in total. The zero-order valence-corrected chi connectivity index (χ0v) is 12.5. The van der Waals surface area contributed by atoms with Crippen molar-refractivity contribution in [3.05, 3.63) is 47.8 Å². The molecule has 0 radical (unpaired) electrons. The Kier molecular flexibility index (Phi) is 4.73. The maximum atomic E-state index is 11.7. The number of carbonyl (C=O) groups is 2. The van der Waals surface area contributed by atoms with Crippen molar-refractivity contribution in [3.63, 3.8) is 0 Å². The number of carbonyl (C=O) groups excluding carboxylic acids is 2. The number of benzene rings is 1. The van der Waals surface area contributed by atoms with Gasteiger partial charge in [0.25, 0.3) is 0 Å². The number of hydrogen-bond acceptors (Lipinski definition) is 6. The van der Waals surface area contributed by atoms with E-state index in [4.69, 9.17) is 4.74 Å². The molecule has 0 unspecified atom stereocenters. The molecule has 0 bridgehead atoms. The second kappa shape index (κ2) is 6.71. The molecule has 2 rings (SSSR count). The van der Waals surface area contributed by atoms with Crippen LogP contribution in [0.1, 0.15) is 21.0 Å². The Morgan fingerprint density at radius 3 is 1.73 bits per heavy atom. The van der Waals surface area contributed by atoms with Gasteiger partial charge >= 0.3 is 11.9 Å². The fourth-order valence-corrected chi connectivity index (χ4v) is 1.90. The first kappa shape index (κ1) is 15.5. The van der Waals surface area contributed by atoms with E-state index in [1.807, 2.05) is 12.1 Å².